The maximum Gasteiger partial charge on any atom is 0.276 e. The molecule has 0 aliphatic carbocycles. The number of carbonyl (C=O) groups excluding carboxylic acids is 2. The lowest BCUT2D eigenvalue weighted by Crippen LogP contribution is -2.42. The molecular weight excluding hydrogens is 468 g/mol. The molecule has 2 amide bonds. The lowest BCUT2D eigenvalue weighted by Gasteiger charge is -2.27. The largest absolute Gasteiger partial charge is 0.502 e. The molecule has 0 saturated carbocycles. The van der Waals surface area contributed by atoms with Gasteiger partial charge >= 0.3 is 0 Å². The number of imide groups is 1. The van der Waals surface area contributed by atoms with Crippen molar-refractivity contribution in [3.63, 3.8) is 0 Å². The first-order valence-corrected chi connectivity index (χ1v) is 11.2. The van der Waals surface area contributed by atoms with Crippen LogP contribution < -0.4 is 10.5 Å². The Kier molecular flexibility index (Phi) is 6.68. The predicted molar refractivity (Wildman–Crippen MR) is 139 cm³/mol. The first-order valence-electron chi connectivity index (χ1n) is 11.2. The number of pyridine rings is 1. The maximum atomic E-state index is 13.3. The number of nitriles is 1. The Morgan fingerprint density at radius 3 is 2.11 bits per heavy atom. The number of nitrogens with zero attached hydrogens (tertiary/aromatic N) is 4. The summed E-state index contributed by atoms with van der Waals surface area (Å²) in [5, 5.41) is 20.2. The fourth-order valence-corrected chi connectivity index (χ4v) is 4.08. The summed E-state index contributed by atoms with van der Waals surface area (Å²) in [7, 11) is 0. The van der Waals surface area contributed by atoms with Crippen LogP contribution in [-0.2, 0) is 9.59 Å². The van der Waals surface area contributed by atoms with Crippen LogP contribution in [0.5, 0.6) is 5.88 Å². The minimum atomic E-state index is -0.709. The van der Waals surface area contributed by atoms with Crippen LogP contribution in [0.4, 0.5) is 11.4 Å². The summed E-state index contributed by atoms with van der Waals surface area (Å²) in [5.41, 5.74) is 0.686. The summed E-state index contributed by atoms with van der Waals surface area (Å²) < 4.78 is 1.05. The third-order valence-electron chi connectivity index (χ3n) is 6.02. The summed E-state index contributed by atoms with van der Waals surface area (Å²) in [4.78, 5) is 43.8. The van der Waals surface area contributed by atoms with E-state index in [2.05, 4.69) is 4.85 Å². The van der Waals surface area contributed by atoms with Gasteiger partial charge in [-0.2, -0.15) is 5.26 Å². The molecular formula is C29H20N4O4. The van der Waals surface area contributed by atoms with Crippen molar-refractivity contribution in [2.24, 2.45) is 0 Å². The summed E-state index contributed by atoms with van der Waals surface area (Å²) in [5.74, 6) is -1.78. The first-order chi connectivity index (χ1) is 17.8. The number of amides is 2. The molecule has 0 fully saturated rings. The van der Waals surface area contributed by atoms with E-state index >= 15 is 0 Å². The van der Waals surface area contributed by atoms with Gasteiger partial charge in [-0.25, -0.2) is 9.74 Å². The SMILES string of the molecule is [C-]#[N+]c1c(C)c(C=CC=C2C(=O)N(c3ccccc3)C(=O)C(C#N)=C2C)c(=O)n(-c2ccccc2)c1O. The van der Waals surface area contributed by atoms with Gasteiger partial charge in [0.1, 0.15) is 11.6 Å². The van der Waals surface area contributed by atoms with E-state index in [1.165, 1.54) is 25.2 Å². The Bertz CT molecular complexity index is 1670. The molecule has 8 nitrogen and oxygen atoms in total. The topological polar surface area (TPSA) is 108 Å². The lowest BCUT2D eigenvalue weighted by atomic mass is 9.94. The van der Waals surface area contributed by atoms with Crippen LogP contribution in [0.3, 0.4) is 0 Å². The normalized spacial score (nSPS) is 14.8. The van der Waals surface area contributed by atoms with Gasteiger partial charge in [-0.15, -0.1) is 0 Å². The molecule has 180 valence electrons. The number of aromatic hydroxyl groups is 1. The number of rotatable bonds is 4. The van der Waals surface area contributed by atoms with Gasteiger partial charge in [0, 0.05) is 11.1 Å². The summed E-state index contributed by atoms with van der Waals surface area (Å²) in [6.07, 6.45) is 4.32. The standard InChI is InChI=1S/C29H20N4O4/c1-18-22(26(34)32(28(36)24(18)17-30)20-11-6-4-7-12-20)15-10-16-23-19(2)25(31-3)29(37)33(27(23)35)21-13-8-5-9-14-21/h4-16,37H,1-2H3. The number of anilines is 1. The van der Waals surface area contributed by atoms with Gasteiger partial charge in [0.2, 0.25) is 11.6 Å². The van der Waals surface area contributed by atoms with E-state index in [-0.39, 0.29) is 33.5 Å². The van der Waals surface area contributed by atoms with Crippen LogP contribution in [0.2, 0.25) is 0 Å². The molecule has 1 aliphatic heterocycles. The smallest absolute Gasteiger partial charge is 0.276 e. The quantitative estimate of drug-likeness (QED) is 0.324. The number of benzene rings is 2. The molecule has 1 aromatic heterocycles. The third kappa shape index (κ3) is 4.24. The van der Waals surface area contributed by atoms with Crippen molar-refractivity contribution < 1.29 is 14.7 Å². The fraction of sp³-hybridized carbons (Fsp3) is 0.0690. The van der Waals surface area contributed by atoms with E-state index < -0.39 is 23.3 Å². The number of aromatic nitrogens is 1. The Morgan fingerprint density at radius 2 is 1.54 bits per heavy atom. The van der Waals surface area contributed by atoms with Crippen LogP contribution in [0.15, 0.2) is 94.3 Å². The van der Waals surface area contributed by atoms with E-state index in [4.69, 9.17) is 6.57 Å². The fourth-order valence-electron chi connectivity index (χ4n) is 4.08. The van der Waals surface area contributed by atoms with Crippen LogP contribution in [0.1, 0.15) is 18.1 Å². The monoisotopic (exact) mass is 488 g/mol. The Morgan fingerprint density at radius 1 is 0.946 bits per heavy atom. The van der Waals surface area contributed by atoms with E-state index in [9.17, 15) is 24.8 Å². The van der Waals surface area contributed by atoms with Crippen molar-refractivity contribution in [2.75, 3.05) is 4.90 Å². The van der Waals surface area contributed by atoms with Gasteiger partial charge < -0.3 is 5.11 Å². The lowest BCUT2D eigenvalue weighted by molar-refractivity contribution is -0.122. The van der Waals surface area contributed by atoms with E-state index in [0.29, 0.717) is 11.4 Å². The third-order valence-corrected chi connectivity index (χ3v) is 6.02. The molecule has 0 unspecified atom stereocenters. The van der Waals surface area contributed by atoms with Gasteiger partial charge in [0.25, 0.3) is 17.4 Å². The van der Waals surface area contributed by atoms with Gasteiger partial charge in [-0.1, -0.05) is 48.6 Å². The second-order valence-corrected chi connectivity index (χ2v) is 8.13. The van der Waals surface area contributed by atoms with Crippen LogP contribution in [0.25, 0.3) is 16.6 Å². The molecule has 3 aromatic rings. The number of hydrogen-bond acceptors (Lipinski definition) is 5. The Balaban J connectivity index is 1.85. The van der Waals surface area contributed by atoms with Crippen molar-refractivity contribution in [2.45, 2.75) is 13.8 Å². The average Bonchev–Trinajstić information content (AvgIpc) is 2.89. The van der Waals surface area contributed by atoms with E-state index in [1.807, 2.05) is 6.07 Å². The zero-order valence-electron chi connectivity index (χ0n) is 20.0. The second kappa shape index (κ2) is 10.0. The van der Waals surface area contributed by atoms with Gasteiger partial charge in [0.05, 0.1) is 17.9 Å². The molecule has 0 spiro atoms. The minimum absolute atomic E-state index is 0.0757. The highest BCUT2D eigenvalue weighted by atomic mass is 16.3. The molecule has 2 aromatic carbocycles. The van der Waals surface area contributed by atoms with Gasteiger partial charge in [-0.3, -0.25) is 19.0 Å². The zero-order valence-corrected chi connectivity index (χ0v) is 20.0. The highest BCUT2D eigenvalue weighted by Crippen LogP contribution is 2.33. The summed E-state index contributed by atoms with van der Waals surface area (Å²) in [6, 6.07) is 18.6. The molecule has 0 bridgehead atoms. The number of para-hydroxylation sites is 2. The minimum Gasteiger partial charge on any atom is -0.502 e. The van der Waals surface area contributed by atoms with Crippen molar-refractivity contribution in [1.82, 2.24) is 4.57 Å². The number of carbonyl (C=O) groups is 2. The Hall–Kier alpha value is -5.47. The summed E-state index contributed by atoms with van der Waals surface area (Å²) in [6.45, 7) is 10.6. The van der Waals surface area contributed by atoms with Crippen molar-refractivity contribution in [1.29, 1.82) is 5.26 Å². The van der Waals surface area contributed by atoms with Crippen LogP contribution in [0, 0.1) is 24.8 Å². The molecule has 0 radical (unpaired) electrons. The number of allylic oxidation sites excluding steroid dienone is 2. The summed E-state index contributed by atoms with van der Waals surface area (Å²) >= 11 is 0. The number of hydrogen-bond donors (Lipinski definition) is 1. The second-order valence-electron chi connectivity index (χ2n) is 8.13. The molecule has 8 heteroatoms. The molecule has 1 N–H and O–H groups in total. The maximum absolute atomic E-state index is 13.3. The van der Waals surface area contributed by atoms with E-state index in [1.54, 1.807) is 67.6 Å². The molecule has 0 atom stereocenters. The average molecular weight is 489 g/mol. The zero-order chi connectivity index (χ0) is 26.7. The van der Waals surface area contributed by atoms with Crippen LogP contribution in [-0.4, -0.2) is 21.5 Å². The van der Waals surface area contributed by atoms with E-state index in [0.717, 1.165) is 9.47 Å². The van der Waals surface area contributed by atoms with Gasteiger partial charge in [-0.05, 0) is 55.3 Å². The molecule has 4 rings (SSSR count). The Labute approximate surface area is 212 Å². The highest BCUT2D eigenvalue weighted by Gasteiger charge is 2.36. The molecule has 0 saturated heterocycles. The molecule has 37 heavy (non-hydrogen) atoms. The predicted octanol–water partition coefficient (Wildman–Crippen LogP) is 4.76. The first kappa shape index (κ1) is 24.6. The molecule has 2 heterocycles. The van der Waals surface area contributed by atoms with Crippen molar-refractivity contribution >= 4 is 29.3 Å². The van der Waals surface area contributed by atoms with Crippen molar-refractivity contribution in [3.05, 3.63) is 122 Å². The molecule has 1 aliphatic rings. The highest BCUT2D eigenvalue weighted by molar-refractivity contribution is 6.31. The van der Waals surface area contributed by atoms with Crippen LogP contribution >= 0.6 is 0 Å². The van der Waals surface area contributed by atoms with Gasteiger partial charge in [0.15, 0.2) is 0 Å². The van der Waals surface area contributed by atoms with Crippen molar-refractivity contribution in [3.8, 4) is 17.6 Å².